The van der Waals surface area contributed by atoms with Gasteiger partial charge in [0.25, 0.3) is 0 Å². The normalized spacial score (nSPS) is 10.8. The van der Waals surface area contributed by atoms with E-state index < -0.39 is 0 Å². The molecular weight excluding hydrogens is 174 g/mol. The highest BCUT2D eigenvalue weighted by molar-refractivity contribution is 6.16. The molecule has 2 rings (SSSR count). The van der Waals surface area contributed by atoms with E-state index in [9.17, 15) is 0 Å². The number of hydrogen-bond acceptors (Lipinski definition) is 2. The van der Waals surface area contributed by atoms with Gasteiger partial charge in [-0.05, 0) is 13.0 Å². The highest BCUT2D eigenvalue weighted by atomic mass is 35.5. The molecular formula is C8H8ClN3. The van der Waals surface area contributed by atoms with Crippen molar-refractivity contribution >= 4 is 17.4 Å². The molecule has 0 fully saturated rings. The van der Waals surface area contributed by atoms with Gasteiger partial charge < -0.3 is 0 Å². The second-order valence-electron chi connectivity index (χ2n) is 2.62. The third-order valence-corrected chi connectivity index (χ3v) is 2.03. The van der Waals surface area contributed by atoms with Crippen LogP contribution in [0.25, 0.3) is 5.78 Å². The van der Waals surface area contributed by atoms with Crippen LogP contribution in [0.1, 0.15) is 11.4 Å². The van der Waals surface area contributed by atoms with Gasteiger partial charge in [0.1, 0.15) is 0 Å². The fourth-order valence-corrected chi connectivity index (χ4v) is 1.25. The average Bonchev–Trinajstić information content (AvgIpc) is 2.49. The third-order valence-electron chi connectivity index (χ3n) is 1.76. The molecule has 2 heterocycles. The van der Waals surface area contributed by atoms with E-state index in [2.05, 4.69) is 9.97 Å². The molecule has 0 aliphatic heterocycles. The summed E-state index contributed by atoms with van der Waals surface area (Å²) in [5, 5.41) is 0. The number of imidazole rings is 1. The summed E-state index contributed by atoms with van der Waals surface area (Å²) >= 11 is 5.65. The smallest absolute Gasteiger partial charge is 0.234 e. The number of alkyl halides is 1. The van der Waals surface area contributed by atoms with Gasteiger partial charge in [-0.15, -0.1) is 11.6 Å². The number of nitrogens with zero attached hydrogens (tertiary/aromatic N) is 3. The zero-order chi connectivity index (χ0) is 8.55. The summed E-state index contributed by atoms with van der Waals surface area (Å²) in [7, 11) is 0. The van der Waals surface area contributed by atoms with Crippen LogP contribution < -0.4 is 0 Å². The van der Waals surface area contributed by atoms with Crippen LogP contribution in [0.3, 0.4) is 0 Å². The van der Waals surface area contributed by atoms with Crippen LogP contribution in [0.4, 0.5) is 0 Å². The van der Waals surface area contributed by atoms with Gasteiger partial charge in [-0.25, -0.2) is 9.97 Å². The van der Waals surface area contributed by atoms with Crippen LogP contribution in [0, 0.1) is 6.92 Å². The van der Waals surface area contributed by atoms with Crippen molar-refractivity contribution in [2.45, 2.75) is 12.8 Å². The molecule has 12 heavy (non-hydrogen) atoms. The molecule has 0 N–H and O–H groups in total. The van der Waals surface area contributed by atoms with Crippen molar-refractivity contribution < 1.29 is 0 Å². The van der Waals surface area contributed by atoms with Crippen molar-refractivity contribution in [3.8, 4) is 0 Å². The fourth-order valence-electron chi connectivity index (χ4n) is 1.13. The van der Waals surface area contributed by atoms with Crippen LogP contribution in [-0.2, 0) is 5.88 Å². The third kappa shape index (κ3) is 1.06. The summed E-state index contributed by atoms with van der Waals surface area (Å²) in [5.41, 5.74) is 1.97. The summed E-state index contributed by atoms with van der Waals surface area (Å²) in [4.78, 5) is 8.32. The van der Waals surface area contributed by atoms with Crippen LogP contribution in [0.15, 0.2) is 18.5 Å². The molecule has 0 saturated heterocycles. The van der Waals surface area contributed by atoms with Crippen molar-refractivity contribution in [2.75, 3.05) is 0 Å². The van der Waals surface area contributed by atoms with Crippen LogP contribution in [-0.4, -0.2) is 14.4 Å². The maximum atomic E-state index is 5.65. The molecule has 2 aromatic heterocycles. The zero-order valence-corrected chi connectivity index (χ0v) is 7.41. The number of aryl methyl sites for hydroxylation is 1. The predicted molar refractivity (Wildman–Crippen MR) is 47.3 cm³/mol. The van der Waals surface area contributed by atoms with Crippen LogP contribution in [0.2, 0.25) is 0 Å². The Morgan fingerprint density at radius 3 is 3.08 bits per heavy atom. The predicted octanol–water partition coefficient (Wildman–Crippen LogP) is 1.78. The summed E-state index contributed by atoms with van der Waals surface area (Å²) in [5.74, 6) is 1.15. The molecule has 0 aliphatic carbocycles. The Bertz CT molecular complexity index is 408. The van der Waals surface area contributed by atoms with Crippen LogP contribution in [0.5, 0.6) is 0 Å². The Morgan fingerprint density at radius 2 is 2.42 bits per heavy atom. The van der Waals surface area contributed by atoms with Gasteiger partial charge in [-0.1, -0.05) is 0 Å². The minimum absolute atomic E-state index is 0.433. The number of hydrogen-bond donors (Lipinski definition) is 0. The Hall–Kier alpha value is -1.09. The molecule has 0 aromatic carbocycles. The SMILES string of the molecule is Cc1ccnc2nc(CCl)cn12. The molecule has 2 aromatic rings. The minimum Gasteiger partial charge on any atom is -0.288 e. The lowest BCUT2D eigenvalue weighted by Gasteiger charge is -1.94. The first-order valence-corrected chi connectivity index (χ1v) is 4.20. The van der Waals surface area contributed by atoms with Gasteiger partial charge in [-0.2, -0.15) is 0 Å². The Labute approximate surface area is 75.0 Å². The molecule has 62 valence electrons. The first kappa shape index (κ1) is 7.55. The lowest BCUT2D eigenvalue weighted by atomic mass is 10.4. The molecule has 4 heteroatoms. The number of aromatic nitrogens is 3. The van der Waals surface area contributed by atoms with Crippen LogP contribution >= 0.6 is 11.6 Å². The number of fused-ring (bicyclic) bond motifs is 1. The van der Waals surface area contributed by atoms with E-state index in [1.807, 2.05) is 23.6 Å². The number of rotatable bonds is 1. The lowest BCUT2D eigenvalue weighted by Crippen LogP contribution is -1.90. The van der Waals surface area contributed by atoms with E-state index >= 15 is 0 Å². The first-order valence-electron chi connectivity index (χ1n) is 3.67. The molecule has 0 aliphatic rings. The van der Waals surface area contributed by atoms with Gasteiger partial charge in [-0.3, -0.25) is 4.40 Å². The van der Waals surface area contributed by atoms with E-state index in [1.165, 1.54) is 0 Å². The van der Waals surface area contributed by atoms with Crippen molar-refractivity contribution in [2.24, 2.45) is 0 Å². The lowest BCUT2D eigenvalue weighted by molar-refractivity contribution is 1.04. The van der Waals surface area contributed by atoms with E-state index in [1.54, 1.807) is 6.20 Å². The molecule has 0 spiro atoms. The maximum absolute atomic E-state index is 5.65. The first-order chi connectivity index (χ1) is 5.81. The molecule has 0 radical (unpaired) electrons. The van der Waals surface area contributed by atoms with Gasteiger partial charge in [0.05, 0.1) is 11.6 Å². The topological polar surface area (TPSA) is 30.2 Å². The highest BCUT2D eigenvalue weighted by Crippen LogP contribution is 2.06. The molecule has 0 bridgehead atoms. The zero-order valence-electron chi connectivity index (χ0n) is 6.66. The molecule has 0 unspecified atom stereocenters. The quantitative estimate of drug-likeness (QED) is 0.628. The molecule has 3 nitrogen and oxygen atoms in total. The fraction of sp³-hybridized carbons (Fsp3) is 0.250. The monoisotopic (exact) mass is 181 g/mol. The Morgan fingerprint density at radius 1 is 1.58 bits per heavy atom. The summed E-state index contributed by atoms with van der Waals surface area (Å²) in [6.07, 6.45) is 3.65. The van der Waals surface area contributed by atoms with E-state index in [0.717, 1.165) is 11.4 Å². The van der Waals surface area contributed by atoms with E-state index in [-0.39, 0.29) is 0 Å². The van der Waals surface area contributed by atoms with Crippen molar-refractivity contribution in [3.05, 3.63) is 29.8 Å². The highest BCUT2D eigenvalue weighted by Gasteiger charge is 2.01. The van der Waals surface area contributed by atoms with Crippen molar-refractivity contribution in [1.29, 1.82) is 0 Å². The maximum Gasteiger partial charge on any atom is 0.234 e. The second kappa shape index (κ2) is 2.75. The van der Waals surface area contributed by atoms with Gasteiger partial charge in [0.15, 0.2) is 0 Å². The van der Waals surface area contributed by atoms with Crippen molar-refractivity contribution in [1.82, 2.24) is 14.4 Å². The summed E-state index contributed by atoms with van der Waals surface area (Å²) < 4.78 is 1.93. The Balaban J connectivity index is 2.74. The molecule has 0 amide bonds. The summed E-state index contributed by atoms with van der Waals surface area (Å²) in [6, 6.07) is 1.94. The molecule has 0 atom stereocenters. The van der Waals surface area contributed by atoms with E-state index in [0.29, 0.717) is 11.7 Å². The Kier molecular flexibility index (Phi) is 1.73. The van der Waals surface area contributed by atoms with Crippen molar-refractivity contribution in [3.63, 3.8) is 0 Å². The minimum atomic E-state index is 0.433. The standard InChI is InChI=1S/C8H8ClN3/c1-6-2-3-10-8-11-7(4-9)5-12(6)8/h2-3,5H,4H2,1H3. The van der Waals surface area contributed by atoms with Gasteiger partial charge in [0, 0.05) is 18.1 Å². The summed E-state index contributed by atoms with van der Waals surface area (Å²) in [6.45, 7) is 2.01. The average molecular weight is 182 g/mol. The van der Waals surface area contributed by atoms with Gasteiger partial charge >= 0.3 is 0 Å². The second-order valence-corrected chi connectivity index (χ2v) is 2.89. The largest absolute Gasteiger partial charge is 0.288 e. The van der Waals surface area contributed by atoms with Gasteiger partial charge in [0.2, 0.25) is 5.78 Å². The molecule has 0 saturated carbocycles. The van der Waals surface area contributed by atoms with E-state index in [4.69, 9.17) is 11.6 Å². The number of halogens is 1.